The van der Waals surface area contributed by atoms with E-state index in [1.165, 1.54) is 0 Å². The largest absolute Gasteiger partial charge is 0.490 e. The first-order valence-corrected chi connectivity index (χ1v) is 7.79. The first kappa shape index (κ1) is 14.4. The van der Waals surface area contributed by atoms with E-state index in [1.807, 2.05) is 23.9 Å². The highest BCUT2D eigenvalue weighted by atomic mass is 79.9. The molecule has 0 saturated heterocycles. The van der Waals surface area contributed by atoms with Crippen LogP contribution in [0, 0.1) is 0 Å². The molecular weight excluding hydrogens is 334 g/mol. The maximum absolute atomic E-state index is 5.74. The molecule has 6 heteroatoms. The molecule has 1 aromatic carbocycles. The molecule has 0 unspecified atom stereocenters. The Kier molecular flexibility index (Phi) is 4.45. The summed E-state index contributed by atoms with van der Waals surface area (Å²) in [6, 6.07) is 6.13. The van der Waals surface area contributed by atoms with Gasteiger partial charge in [0.1, 0.15) is 0 Å². The summed E-state index contributed by atoms with van der Waals surface area (Å²) in [5.41, 5.74) is 2.32. The summed E-state index contributed by atoms with van der Waals surface area (Å²) in [5, 5.41) is 7.57. The SMILES string of the molecule is Cn1nccc1CNCc1cc(Br)c2c(c1)OCCCO2. The van der Waals surface area contributed by atoms with Gasteiger partial charge in [0.2, 0.25) is 0 Å². The second kappa shape index (κ2) is 6.49. The molecule has 5 nitrogen and oxygen atoms in total. The van der Waals surface area contributed by atoms with Gasteiger partial charge >= 0.3 is 0 Å². The van der Waals surface area contributed by atoms with Gasteiger partial charge in [0, 0.05) is 32.8 Å². The second-order valence-corrected chi connectivity index (χ2v) is 5.86. The first-order valence-electron chi connectivity index (χ1n) is 6.99. The summed E-state index contributed by atoms with van der Waals surface area (Å²) >= 11 is 3.56. The number of hydrogen-bond donors (Lipinski definition) is 1. The average Bonchev–Trinajstić information content (AvgIpc) is 2.73. The molecular formula is C15H18BrN3O2. The zero-order chi connectivity index (χ0) is 14.7. The number of ether oxygens (including phenoxy) is 2. The van der Waals surface area contributed by atoms with Gasteiger partial charge in [-0.3, -0.25) is 4.68 Å². The molecule has 3 rings (SSSR count). The summed E-state index contributed by atoms with van der Waals surface area (Å²) < 4.78 is 14.3. The van der Waals surface area contributed by atoms with E-state index >= 15 is 0 Å². The van der Waals surface area contributed by atoms with Gasteiger partial charge in [0.25, 0.3) is 0 Å². The maximum Gasteiger partial charge on any atom is 0.175 e. The third-order valence-corrected chi connectivity index (χ3v) is 4.01. The lowest BCUT2D eigenvalue weighted by Gasteiger charge is -2.12. The van der Waals surface area contributed by atoms with Gasteiger partial charge in [-0.1, -0.05) is 0 Å². The molecule has 0 amide bonds. The van der Waals surface area contributed by atoms with Gasteiger partial charge in [-0.2, -0.15) is 5.10 Å². The number of benzene rings is 1. The van der Waals surface area contributed by atoms with E-state index in [1.54, 1.807) is 6.20 Å². The summed E-state index contributed by atoms with van der Waals surface area (Å²) in [6.45, 7) is 2.94. The van der Waals surface area contributed by atoms with Crippen LogP contribution in [0.25, 0.3) is 0 Å². The van der Waals surface area contributed by atoms with Crippen molar-refractivity contribution in [2.75, 3.05) is 13.2 Å². The smallest absolute Gasteiger partial charge is 0.175 e. The van der Waals surface area contributed by atoms with E-state index in [0.29, 0.717) is 13.2 Å². The summed E-state index contributed by atoms with van der Waals surface area (Å²) in [6.07, 6.45) is 2.72. The minimum atomic E-state index is 0.698. The second-order valence-electron chi connectivity index (χ2n) is 5.01. The standard InChI is InChI=1S/C15H18BrN3O2/c1-19-12(3-4-18-19)10-17-9-11-7-13(16)15-14(8-11)20-5-2-6-21-15/h3-4,7-8,17H,2,5-6,9-10H2,1H3. The molecule has 112 valence electrons. The third kappa shape index (κ3) is 3.39. The fourth-order valence-corrected chi connectivity index (χ4v) is 2.90. The lowest BCUT2D eigenvalue weighted by molar-refractivity contribution is 0.296. The van der Waals surface area contributed by atoms with Crippen molar-refractivity contribution in [1.82, 2.24) is 15.1 Å². The number of halogens is 1. The van der Waals surface area contributed by atoms with Crippen LogP contribution in [0.5, 0.6) is 11.5 Å². The molecule has 0 radical (unpaired) electrons. The Labute approximate surface area is 132 Å². The zero-order valence-corrected chi connectivity index (χ0v) is 13.5. The van der Waals surface area contributed by atoms with E-state index in [4.69, 9.17) is 9.47 Å². The van der Waals surface area contributed by atoms with Crippen LogP contribution in [0.1, 0.15) is 17.7 Å². The van der Waals surface area contributed by atoms with Crippen molar-refractivity contribution in [2.45, 2.75) is 19.5 Å². The molecule has 1 aliphatic rings. The Morgan fingerprint density at radius 2 is 2.14 bits per heavy atom. The molecule has 1 aromatic heterocycles. The van der Waals surface area contributed by atoms with Gasteiger partial charge in [0.05, 0.1) is 23.4 Å². The minimum absolute atomic E-state index is 0.698. The quantitative estimate of drug-likeness (QED) is 0.919. The number of nitrogens with one attached hydrogen (secondary N) is 1. The van der Waals surface area contributed by atoms with Crippen LogP contribution in [0.15, 0.2) is 28.9 Å². The lowest BCUT2D eigenvalue weighted by atomic mass is 10.2. The van der Waals surface area contributed by atoms with Crippen LogP contribution in [0.4, 0.5) is 0 Å². The van der Waals surface area contributed by atoms with Crippen molar-refractivity contribution in [3.05, 3.63) is 40.1 Å². The first-order chi connectivity index (χ1) is 10.2. The van der Waals surface area contributed by atoms with Gasteiger partial charge in [-0.25, -0.2) is 0 Å². The molecule has 0 atom stereocenters. The molecule has 0 fully saturated rings. The van der Waals surface area contributed by atoms with Crippen molar-refractivity contribution < 1.29 is 9.47 Å². The molecule has 2 aromatic rings. The number of nitrogens with zero attached hydrogens (tertiary/aromatic N) is 2. The van der Waals surface area contributed by atoms with Crippen molar-refractivity contribution in [2.24, 2.45) is 7.05 Å². The monoisotopic (exact) mass is 351 g/mol. The number of aromatic nitrogens is 2. The Morgan fingerprint density at radius 1 is 1.29 bits per heavy atom. The third-order valence-electron chi connectivity index (χ3n) is 3.42. The lowest BCUT2D eigenvalue weighted by Crippen LogP contribution is -2.15. The van der Waals surface area contributed by atoms with Crippen LogP contribution in [0.2, 0.25) is 0 Å². The van der Waals surface area contributed by atoms with E-state index in [2.05, 4.69) is 32.4 Å². The molecule has 2 heterocycles. The fraction of sp³-hybridized carbons (Fsp3) is 0.400. The zero-order valence-electron chi connectivity index (χ0n) is 11.9. The highest BCUT2D eigenvalue weighted by molar-refractivity contribution is 9.10. The number of hydrogen-bond acceptors (Lipinski definition) is 4. The van der Waals surface area contributed by atoms with Crippen LogP contribution in [-0.2, 0) is 20.1 Å². The van der Waals surface area contributed by atoms with Crippen molar-refractivity contribution in [3.8, 4) is 11.5 Å². The molecule has 0 bridgehead atoms. The Bertz CT molecular complexity index is 627. The molecule has 0 spiro atoms. The number of aryl methyl sites for hydroxylation is 1. The Morgan fingerprint density at radius 3 is 2.95 bits per heavy atom. The summed E-state index contributed by atoms with van der Waals surface area (Å²) in [4.78, 5) is 0. The number of fused-ring (bicyclic) bond motifs is 1. The predicted molar refractivity (Wildman–Crippen MR) is 83.5 cm³/mol. The van der Waals surface area contributed by atoms with E-state index < -0.39 is 0 Å². The van der Waals surface area contributed by atoms with E-state index in [9.17, 15) is 0 Å². The highest BCUT2D eigenvalue weighted by Crippen LogP contribution is 2.38. The normalized spacial score (nSPS) is 14.0. The van der Waals surface area contributed by atoms with Gasteiger partial charge in [-0.15, -0.1) is 0 Å². The van der Waals surface area contributed by atoms with Crippen molar-refractivity contribution >= 4 is 15.9 Å². The summed E-state index contributed by atoms with van der Waals surface area (Å²) in [7, 11) is 1.95. The molecule has 0 aliphatic carbocycles. The van der Waals surface area contributed by atoms with Crippen LogP contribution < -0.4 is 14.8 Å². The maximum atomic E-state index is 5.74. The molecule has 1 aliphatic heterocycles. The van der Waals surface area contributed by atoms with Gasteiger partial charge in [-0.05, 0) is 39.7 Å². The van der Waals surface area contributed by atoms with Crippen LogP contribution in [0.3, 0.4) is 0 Å². The van der Waals surface area contributed by atoms with Crippen LogP contribution in [-0.4, -0.2) is 23.0 Å². The summed E-state index contributed by atoms with van der Waals surface area (Å²) in [5.74, 6) is 1.63. The number of rotatable bonds is 4. The molecule has 0 saturated carbocycles. The van der Waals surface area contributed by atoms with Crippen molar-refractivity contribution in [1.29, 1.82) is 0 Å². The Hall–Kier alpha value is -1.53. The average molecular weight is 352 g/mol. The fourth-order valence-electron chi connectivity index (χ4n) is 2.30. The van der Waals surface area contributed by atoms with Crippen molar-refractivity contribution in [3.63, 3.8) is 0 Å². The molecule has 21 heavy (non-hydrogen) atoms. The van der Waals surface area contributed by atoms with Gasteiger partial charge in [0.15, 0.2) is 11.5 Å². The Balaban J connectivity index is 1.67. The topological polar surface area (TPSA) is 48.3 Å². The van der Waals surface area contributed by atoms with Crippen LogP contribution >= 0.6 is 15.9 Å². The van der Waals surface area contributed by atoms with E-state index in [-0.39, 0.29) is 0 Å². The van der Waals surface area contributed by atoms with E-state index in [0.717, 1.165) is 46.7 Å². The van der Waals surface area contributed by atoms with Gasteiger partial charge < -0.3 is 14.8 Å². The minimum Gasteiger partial charge on any atom is -0.490 e. The predicted octanol–water partition coefficient (Wildman–Crippen LogP) is 2.63. The highest BCUT2D eigenvalue weighted by Gasteiger charge is 2.15. The molecule has 1 N–H and O–H groups in total.